The Morgan fingerprint density at radius 3 is 2.47 bits per heavy atom. The number of allylic oxidation sites excluding steroid dienone is 4. The van der Waals surface area contributed by atoms with Crippen LogP contribution in [0.5, 0.6) is 23.0 Å². The van der Waals surface area contributed by atoms with Gasteiger partial charge in [-0.2, -0.15) is 0 Å². The summed E-state index contributed by atoms with van der Waals surface area (Å²) in [7, 11) is 0. The van der Waals surface area contributed by atoms with Gasteiger partial charge >= 0.3 is 0 Å². The number of hydrogen-bond acceptors (Lipinski definition) is 5. The second kappa shape index (κ2) is 9.08. The van der Waals surface area contributed by atoms with Crippen LogP contribution in [-0.4, -0.2) is 21.1 Å². The number of Topliss-reactive ketones (excluding diaryl/α,β-unsaturated/α-hetero) is 1. The van der Waals surface area contributed by atoms with E-state index < -0.39 is 6.10 Å². The van der Waals surface area contributed by atoms with Gasteiger partial charge in [-0.1, -0.05) is 29.4 Å². The Kier molecular flexibility index (Phi) is 6.50. The number of phenolic OH excluding ortho intramolecular Hbond substituents is 3. The van der Waals surface area contributed by atoms with Crippen molar-refractivity contribution in [2.75, 3.05) is 0 Å². The fraction of sp³-hybridized carbons (Fsp3) is 0.320. The number of phenols is 3. The highest BCUT2D eigenvalue weighted by atomic mass is 16.5. The molecule has 2 aromatic carbocycles. The van der Waals surface area contributed by atoms with Gasteiger partial charge in [-0.15, -0.1) is 0 Å². The average molecular weight is 408 g/mol. The van der Waals surface area contributed by atoms with Gasteiger partial charge in [0.15, 0.2) is 17.3 Å². The van der Waals surface area contributed by atoms with E-state index in [2.05, 4.69) is 32.9 Å². The van der Waals surface area contributed by atoms with E-state index in [1.807, 2.05) is 0 Å². The highest BCUT2D eigenvalue weighted by molar-refractivity contribution is 6.00. The lowest BCUT2D eigenvalue weighted by molar-refractivity contribution is 0.0847. The zero-order valence-electron chi connectivity index (χ0n) is 17.6. The summed E-state index contributed by atoms with van der Waals surface area (Å²) in [6, 6.07) is 7.51. The molecule has 0 aliphatic carbocycles. The molecule has 3 rings (SSSR count). The van der Waals surface area contributed by atoms with Crippen LogP contribution in [0.3, 0.4) is 0 Å². The first-order chi connectivity index (χ1) is 14.3. The highest BCUT2D eigenvalue weighted by Crippen LogP contribution is 2.42. The van der Waals surface area contributed by atoms with Crippen molar-refractivity contribution in [2.45, 2.75) is 52.6 Å². The molecule has 3 N–H and O–H groups in total. The van der Waals surface area contributed by atoms with E-state index in [1.165, 1.54) is 29.3 Å². The average Bonchev–Trinajstić information content (AvgIpc) is 2.68. The molecule has 0 radical (unpaired) electrons. The van der Waals surface area contributed by atoms with Crippen LogP contribution in [0, 0.1) is 0 Å². The summed E-state index contributed by atoms with van der Waals surface area (Å²) in [6.45, 7) is 6.21. The number of carbonyl (C=O) groups excluding carboxylic acids is 1. The number of ketones is 1. The van der Waals surface area contributed by atoms with Gasteiger partial charge in [0.2, 0.25) is 0 Å². The van der Waals surface area contributed by atoms with E-state index in [0.29, 0.717) is 28.9 Å². The third-order valence-corrected chi connectivity index (χ3v) is 5.28. The molecule has 0 bridgehead atoms. The first kappa shape index (κ1) is 21.5. The molecule has 158 valence electrons. The summed E-state index contributed by atoms with van der Waals surface area (Å²) >= 11 is 0. The summed E-state index contributed by atoms with van der Waals surface area (Å²) in [5.41, 5.74) is 4.11. The Balaban J connectivity index is 1.87. The van der Waals surface area contributed by atoms with Crippen LogP contribution < -0.4 is 4.74 Å². The second-order valence-corrected chi connectivity index (χ2v) is 8.00. The molecular weight excluding hydrogens is 380 g/mol. The first-order valence-corrected chi connectivity index (χ1v) is 10.1. The van der Waals surface area contributed by atoms with E-state index in [0.717, 1.165) is 12.8 Å². The van der Waals surface area contributed by atoms with Crippen LogP contribution in [0.25, 0.3) is 0 Å². The monoisotopic (exact) mass is 408 g/mol. The number of benzene rings is 2. The summed E-state index contributed by atoms with van der Waals surface area (Å²) in [4.78, 5) is 12.7. The van der Waals surface area contributed by atoms with E-state index in [-0.39, 0.29) is 29.5 Å². The van der Waals surface area contributed by atoms with Crippen molar-refractivity contribution in [3.8, 4) is 23.0 Å². The molecule has 5 heteroatoms. The van der Waals surface area contributed by atoms with E-state index in [4.69, 9.17) is 4.74 Å². The van der Waals surface area contributed by atoms with Gasteiger partial charge in [0.05, 0.1) is 12.0 Å². The molecule has 1 unspecified atom stereocenters. The lowest BCUT2D eigenvalue weighted by Gasteiger charge is -2.28. The lowest BCUT2D eigenvalue weighted by Crippen LogP contribution is -2.21. The van der Waals surface area contributed by atoms with Crippen molar-refractivity contribution in [3.63, 3.8) is 0 Å². The minimum Gasteiger partial charge on any atom is -0.508 e. The normalized spacial score (nSPS) is 16.0. The molecule has 0 saturated heterocycles. The highest BCUT2D eigenvalue weighted by Gasteiger charge is 2.30. The maximum absolute atomic E-state index is 12.7. The van der Waals surface area contributed by atoms with Crippen LogP contribution in [-0.2, 0) is 6.42 Å². The smallest absolute Gasteiger partial charge is 0.170 e. The third-order valence-electron chi connectivity index (χ3n) is 5.28. The van der Waals surface area contributed by atoms with Crippen molar-refractivity contribution in [3.05, 3.63) is 70.3 Å². The quantitative estimate of drug-likeness (QED) is 0.419. The largest absolute Gasteiger partial charge is 0.508 e. The molecule has 2 aromatic rings. The second-order valence-electron chi connectivity index (χ2n) is 8.00. The molecule has 1 aliphatic rings. The number of hydrogen-bond donors (Lipinski definition) is 3. The van der Waals surface area contributed by atoms with E-state index >= 15 is 0 Å². The van der Waals surface area contributed by atoms with Gasteiger partial charge < -0.3 is 20.1 Å². The molecular formula is C25H28O5. The SMILES string of the molecule is CC(C)=CCC/C(C)=C/Cc1c(O)ccc2c1OC(c1ccc(O)c(O)c1)CC2=O. The van der Waals surface area contributed by atoms with Crippen LogP contribution in [0.15, 0.2) is 53.6 Å². The van der Waals surface area contributed by atoms with Gasteiger partial charge in [0.1, 0.15) is 17.6 Å². The number of carbonyl (C=O) groups is 1. The standard InChI is InChI=1S/C25H28O5/c1-15(2)5-4-6-16(3)7-9-18-20(26)12-10-19-22(28)14-24(30-25(18)19)17-8-11-21(27)23(29)13-17/h5,7-8,10-13,24,26-27,29H,4,6,9,14H2,1-3H3/b16-7+. The summed E-state index contributed by atoms with van der Waals surface area (Å²) < 4.78 is 6.13. The zero-order valence-corrected chi connectivity index (χ0v) is 17.6. The minimum absolute atomic E-state index is 0.0840. The maximum atomic E-state index is 12.7. The predicted molar refractivity (Wildman–Crippen MR) is 116 cm³/mol. The van der Waals surface area contributed by atoms with Crippen molar-refractivity contribution in [1.29, 1.82) is 0 Å². The van der Waals surface area contributed by atoms with Crippen LogP contribution in [0.4, 0.5) is 0 Å². The number of ether oxygens (including phenoxy) is 1. The summed E-state index contributed by atoms with van der Waals surface area (Å²) in [6.07, 6.45) is 6.12. The van der Waals surface area contributed by atoms with Crippen LogP contribution >= 0.6 is 0 Å². The van der Waals surface area contributed by atoms with Gasteiger partial charge in [-0.25, -0.2) is 0 Å². The number of aromatic hydroxyl groups is 3. The zero-order chi connectivity index (χ0) is 21.8. The molecule has 0 fully saturated rings. The number of rotatable bonds is 6. The van der Waals surface area contributed by atoms with Crippen molar-refractivity contribution in [2.24, 2.45) is 0 Å². The Labute approximate surface area is 177 Å². The van der Waals surface area contributed by atoms with Gasteiger partial charge in [-0.3, -0.25) is 4.79 Å². The number of fused-ring (bicyclic) bond motifs is 1. The van der Waals surface area contributed by atoms with Crippen molar-refractivity contribution < 1.29 is 24.9 Å². The molecule has 0 spiro atoms. The molecule has 0 amide bonds. The molecule has 0 aromatic heterocycles. The van der Waals surface area contributed by atoms with Crippen LogP contribution in [0.1, 0.15) is 67.6 Å². The fourth-order valence-corrected chi connectivity index (χ4v) is 3.52. The van der Waals surface area contributed by atoms with E-state index in [1.54, 1.807) is 12.1 Å². The Morgan fingerprint density at radius 1 is 1.03 bits per heavy atom. The minimum atomic E-state index is -0.597. The molecule has 1 aliphatic heterocycles. The Morgan fingerprint density at radius 2 is 1.77 bits per heavy atom. The summed E-state index contributed by atoms with van der Waals surface area (Å²) in [5.74, 6) is -0.102. The van der Waals surface area contributed by atoms with E-state index in [9.17, 15) is 20.1 Å². The van der Waals surface area contributed by atoms with Gasteiger partial charge in [0, 0.05) is 5.56 Å². The Bertz CT molecular complexity index is 1010. The molecule has 5 nitrogen and oxygen atoms in total. The Hall–Kier alpha value is -3.21. The molecule has 1 heterocycles. The maximum Gasteiger partial charge on any atom is 0.170 e. The third kappa shape index (κ3) is 4.85. The van der Waals surface area contributed by atoms with Gasteiger partial charge in [-0.05, 0) is 69.9 Å². The topological polar surface area (TPSA) is 87.0 Å². The summed E-state index contributed by atoms with van der Waals surface area (Å²) in [5, 5.41) is 29.8. The predicted octanol–water partition coefficient (Wildman–Crippen LogP) is 5.75. The molecule has 1 atom stereocenters. The lowest BCUT2D eigenvalue weighted by atomic mass is 9.92. The van der Waals surface area contributed by atoms with Crippen molar-refractivity contribution >= 4 is 5.78 Å². The fourth-order valence-electron chi connectivity index (χ4n) is 3.52. The van der Waals surface area contributed by atoms with Crippen molar-refractivity contribution in [1.82, 2.24) is 0 Å². The first-order valence-electron chi connectivity index (χ1n) is 10.1. The molecule has 30 heavy (non-hydrogen) atoms. The van der Waals surface area contributed by atoms with Gasteiger partial charge in [0.25, 0.3) is 0 Å². The molecule has 0 saturated carbocycles. The van der Waals surface area contributed by atoms with Crippen LogP contribution in [0.2, 0.25) is 0 Å².